The number of benzene rings is 1. The first kappa shape index (κ1) is 11.6. The summed E-state index contributed by atoms with van der Waals surface area (Å²) in [5.41, 5.74) is 7.69. The smallest absolute Gasteiger partial charge is 0.147 e. The number of imidazole rings is 1. The van der Waals surface area contributed by atoms with Crippen molar-refractivity contribution in [3.05, 3.63) is 42.2 Å². The molecule has 0 spiro atoms. The van der Waals surface area contributed by atoms with Crippen molar-refractivity contribution in [3.8, 4) is 5.69 Å². The van der Waals surface area contributed by atoms with Crippen molar-refractivity contribution in [2.75, 3.05) is 5.73 Å². The zero-order chi connectivity index (χ0) is 12.4. The minimum atomic E-state index is -0.290. The third-order valence-electron chi connectivity index (χ3n) is 3.01. The zero-order valence-electron chi connectivity index (χ0n) is 10.0. The maximum Gasteiger partial charge on any atom is 0.147 e. The van der Waals surface area contributed by atoms with Crippen molar-refractivity contribution in [2.24, 2.45) is 0 Å². The van der Waals surface area contributed by atoms with Crippen molar-refractivity contribution in [2.45, 2.75) is 26.2 Å². The fraction of sp³-hybridized carbons (Fsp3) is 0.308. The summed E-state index contributed by atoms with van der Waals surface area (Å²) in [6.45, 7) is 4.19. The molecule has 1 atom stereocenters. The van der Waals surface area contributed by atoms with E-state index in [1.54, 1.807) is 29.2 Å². The van der Waals surface area contributed by atoms with Gasteiger partial charge in [0.05, 0.1) is 12.0 Å². The highest BCUT2D eigenvalue weighted by atomic mass is 19.1. The Kier molecular flexibility index (Phi) is 3.13. The number of hydrogen-bond acceptors (Lipinski definition) is 2. The minimum Gasteiger partial charge on any atom is -0.399 e. The van der Waals surface area contributed by atoms with Gasteiger partial charge >= 0.3 is 0 Å². The van der Waals surface area contributed by atoms with Crippen molar-refractivity contribution in [3.63, 3.8) is 0 Å². The van der Waals surface area contributed by atoms with E-state index in [1.165, 1.54) is 6.07 Å². The fourth-order valence-electron chi connectivity index (χ4n) is 1.79. The fourth-order valence-corrected chi connectivity index (χ4v) is 1.79. The maximum absolute atomic E-state index is 13.8. The molecule has 2 aromatic rings. The van der Waals surface area contributed by atoms with Crippen LogP contribution < -0.4 is 5.73 Å². The number of halogens is 1. The van der Waals surface area contributed by atoms with Gasteiger partial charge in [-0.15, -0.1) is 0 Å². The summed E-state index contributed by atoms with van der Waals surface area (Å²) in [6.07, 6.45) is 4.38. The Balaban J connectivity index is 2.53. The van der Waals surface area contributed by atoms with Crippen LogP contribution in [0.2, 0.25) is 0 Å². The standard InChI is InChI=1S/C13H16FN3/c1-3-9(2)13-7-16-8-17(13)12-6-10(15)4-5-11(12)14/h4-9H,3,15H2,1-2H3. The molecule has 0 aliphatic carbocycles. The highest BCUT2D eigenvalue weighted by molar-refractivity contribution is 5.49. The SMILES string of the molecule is CCC(C)c1cncn1-c1cc(N)ccc1F. The molecule has 0 amide bonds. The molecule has 2 rings (SSSR count). The molecule has 3 nitrogen and oxygen atoms in total. The first-order chi connectivity index (χ1) is 8.13. The first-order valence-corrected chi connectivity index (χ1v) is 5.71. The van der Waals surface area contributed by atoms with E-state index in [0.29, 0.717) is 17.3 Å². The topological polar surface area (TPSA) is 43.8 Å². The second-order valence-corrected chi connectivity index (χ2v) is 4.21. The molecule has 1 aromatic heterocycles. The van der Waals surface area contributed by atoms with E-state index in [-0.39, 0.29) is 5.82 Å². The Bertz CT molecular complexity index is 519. The molecule has 4 heteroatoms. The van der Waals surface area contributed by atoms with Crippen LogP contribution in [0.5, 0.6) is 0 Å². The number of nitrogens with two attached hydrogens (primary N) is 1. The van der Waals surface area contributed by atoms with Crippen LogP contribution >= 0.6 is 0 Å². The van der Waals surface area contributed by atoms with Gasteiger partial charge in [-0.25, -0.2) is 9.37 Å². The van der Waals surface area contributed by atoms with Crippen LogP contribution in [-0.2, 0) is 0 Å². The summed E-state index contributed by atoms with van der Waals surface area (Å²) in [6, 6.07) is 4.56. The monoisotopic (exact) mass is 233 g/mol. The molecule has 0 aliphatic heterocycles. The van der Waals surface area contributed by atoms with Crippen LogP contribution in [0.3, 0.4) is 0 Å². The molecule has 1 heterocycles. The van der Waals surface area contributed by atoms with Crippen molar-refractivity contribution in [1.29, 1.82) is 0 Å². The van der Waals surface area contributed by atoms with Gasteiger partial charge in [0.15, 0.2) is 0 Å². The Morgan fingerprint density at radius 3 is 2.94 bits per heavy atom. The lowest BCUT2D eigenvalue weighted by atomic mass is 10.1. The Morgan fingerprint density at radius 2 is 2.24 bits per heavy atom. The van der Waals surface area contributed by atoms with Gasteiger partial charge in [-0.1, -0.05) is 13.8 Å². The lowest BCUT2D eigenvalue weighted by molar-refractivity contribution is 0.609. The largest absolute Gasteiger partial charge is 0.399 e. The summed E-state index contributed by atoms with van der Waals surface area (Å²) in [5, 5.41) is 0. The van der Waals surface area contributed by atoms with Crippen LogP contribution in [0.15, 0.2) is 30.7 Å². The zero-order valence-corrected chi connectivity index (χ0v) is 10.0. The number of nitrogens with zero attached hydrogens (tertiary/aromatic N) is 2. The predicted molar refractivity (Wildman–Crippen MR) is 66.6 cm³/mol. The van der Waals surface area contributed by atoms with Gasteiger partial charge < -0.3 is 5.73 Å². The highest BCUT2D eigenvalue weighted by Gasteiger charge is 2.13. The van der Waals surface area contributed by atoms with E-state index in [4.69, 9.17) is 5.73 Å². The Morgan fingerprint density at radius 1 is 1.47 bits per heavy atom. The van der Waals surface area contributed by atoms with Gasteiger partial charge in [0, 0.05) is 17.6 Å². The molecule has 1 aromatic carbocycles. The van der Waals surface area contributed by atoms with E-state index in [1.807, 2.05) is 0 Å². The number of aromatic nitrogens is 2. The van der Waals surface area contributed by atoms with Crippen molar-refractivity contribution in [1.82, 2.24) is 9.55 Å². The molecule has 17 heavy (non-hydrogen) atoms. The van der Waals surface area contributed by atoms with E-state index < -0.39 is 0 Å². The van der Waals surface area contributed by atoms with Crippen LogP contribution in [-0.4, -0.2) is 9.55 Å². The van der Waals surface area contributed by atoms with Crippen LogP contribution in [0.4, 0.5) is 10.1 Å². The summed E-state index contributed by atoms with van der Waals surface area (Å²) in [5.74, 6) is 0.0417. The van der Waals surface area contributed by atoms with Crippen LogP contribution in [0.1, 0.15) is 31.9 Å². The summed E-state index contributed by atoms with van der Waals surface area (Å²) in [7, 11) is 0. The average molecular weight is 233 g/mol. The van der Waals surface area contributed by atoms with Gasteiger partial charge in [0.25, 0.3) is 0 Å². The van der Waals surface area contributed by atoms with E-state index in [0.717, 1.165) is 12.1 Å². The Labute approximate surface area is 100 Å². The third kappa shape index (κ3) is 2.16. The van der Waals surface area contributed by atoms with E-state index in [9.17, 15) is 4.39 Å². The lowest BCUT2D eigenvalue weighted by Crippen LogP contribution is -2.05. The molecular formula is C13H16FN3. The van der Waals surface area contributed by atoms with Crippen molar-refractivity contribution < 1.29 is 4.39 Å². The molecular weight excluding hydrogens is 217 g/mol. The highest BCUT2D eigenvalue weighted by Crippen LogP contribution is 2.24. The molecule has 0 fully saturated rings. The molecule has 0 radical (unpaired) electrons. The van der Waals surface area contributed by atoms with Gasteiger partial charge in [0.2, 0.25) is 0 Å². The normalized spacial score (nSPS) is 12.6. The Hall–Kier alpha value is -1.84. The molecule has 0 aliphatic rings. The predicted octanol–water partition coefficient (Wildman–Crippen LogP) is 3.11. The van der Waals surface area contributed by atoms with E-state index in [2.05, 4.69) is 18.8 Å². The lowest BCUT2D eigenvalue weighted by Gasteiger charge is -2.13. The molecule has 0 bridgehead atoms. The summed E-state index contributed by atoms with van der Waals surface area (Å²) < 4.78 is 15.5. The van der Waals surface area contributed by atoms with Gasteiger partial charge in [-0.05, 0) is 30.5 Å². The maximum atomic E-state index is 13.8. The number of hydrogen-bond donors (Lipinski definition) is 1. The molecule has 1 unspecified atom stereocenters. The summed E-state index contributed by atoms with van der Waals surface area (Å²) in [4.78, 5) is 4.09. The molecule has 0 saturated carbocycles. The number of anilines is 1. The molecule has 90 valence electrons. The second-order valence-electron chi connectivity index (χ2n) is 4.21. The van der Waals surface area contributed by atoms with Crippen molar-refractivity contribution >= 4 is 5.69 Å². The van der Waals surface area contributed by atoms with Gasteiger partial charge in [-0.3, -0.25) is 4.57 Å². The minimum absolute atomic E-state index is 0.290. The second kappa shape index (κ2) is 4.57. The number of nitrogen functional groups attached to an aromatic ring is 1. The first-order valence-electron chi connectivity index (χ1n) is 5.71. The summed E-state index contributed by atoms with van der Waals surface area (Å²) >= 11 is 0. The molecule has 2 N–H and O–H groups in total. The van der Waals surface area contributed by atoms with Gasteiger partial charge in [0.1, 0.15) is 5.82 Å². The number of rotatable bonds is 3. The van der Waals surface area contributed by atoms with Crippen LogP contribution in [0, 0.1) is 5.82 Å². The van der Waals surface area contributed by atoms with E-state index >= 15 is 0 Å². The quantitative estimate of drug-likeness (QED) is 0.828. The third-order valence-corrected chi connectivity index (χ3v) is 3.01. The van der Waals surface area contributed by atoms with Gasteiger partial charge in [-0.2, -0.15) is 0 Å². The average Bonchev–Trinajstić information content (AvgIpc) is 2.80. The van der Waals surface area contributed by atoms with Crippen LogP contribution in [0.25, 0.3) is 5.69 Å². The molecule has 0 saturated heterocycles.